The van der Waals surface area contributed by atoms with Gasteiger partial charge in [-0.2, -0.15) is 0 Å². The number of aromatic amines is 1. The van der Waals surface area contributed by atoms with Crippen LogP contribution in [0.4, 0.5) is 0 Å². The lowest BCUT2D eigenvalue weighted by Crippen LogP contribution is -2.33. The van der Waals surface area contributed by atoms with Gasteiger partial charge in [-0.15, -0.1) is 0 Å². The summed E-state index contributed by atoms with van der Waals surface area (Å²) < 4.78 is 29.6. The molecular weight excluding hydrogens is 403 g/mol. The molecule has 4 atom stereocenters. The lowest BCUT2D eigenvalue weighted by atomic mass is 10.2. The highest BCUT2D eigenvalue weighted by atomic mass is 31.2. The van der Waals surface area contributed by atoms with Crippen LogP contribution in [0.15, 0.2) is 21.9 Å². The number of H-pyrrole nitrogens is 1. The third-order valence-corrected chi connectivity index (χ3v) is 4.75. The predicted molar refractivity (Wildman–Crippen MR) is 107 cm³/mol. The fourth-order valence-electron chi connectivity index (χ4n) is 2.84. The molecule has 11 nitrogen and oxygen atoms in total. The lowest BCUT2D eigenvalue weighted by Gasteiger charge is -2.23. The highest BCUT2D eigenvalue weighted by Crippen LogP contribution is 2.46. The third-order valence-electron chi connectivity index (χ3n) is 4.03. The molecule has 1 aromatic rings. The van der Waals surface area contributed by atoms with Gasteiger partial charge in [0, 0.05) is 38.9 Å². The topological polar surface area (TPSA) is 155 Å². The van der Waals surface area contributed by atoms with Crippen LogP contribution in [0.25, 0.3) is 6.08 Å². The first-order valence-electron chi connectivity index (χ1n) is 8.90. The fourth-order valence-corrected chi connectivity index (χ4v) is 3.63. The highest BCUT2D eigenvalue weighted by Gasteiger charge is 2.38. The van der Waals surface area contributed by atoms with Crippen LogP contribution < -0.4 is 22.3 Å². The number of carbonyl (C=O) groups is 1. The van der Waals surface area contributed by atoms with Crippen LogP contribution in [0, 0.1) is 6.66 Å². The first-order valence-corrected chi connectivity index (χ1v) is 11.2. The van der Waals surface area contributed by atoms with Crippen LogP contribution in [-0.2, 0) is 23.4 Å². The summed E-state index contributed by atoms with van der Waals surface area (Å²) in [5, 5.41) is 2.53. The molecule has 0 aliphatic carbocycles. The third kappa shape index (κ3) is 6.76. The molecule has 0 aromatic carbocycles. The van der Waals surface area contributed by atoms with Crippen LogP contribution in [0.2, 0.25) is 0 Å². The van der Waals surface area contributed by atoms with Gasteiger partial charge in [0.1, 0.15) is 12.3 Å². The molecule has 1 saturated heterocycles. The Labute approximate surface area is 167 Å². The molecule has 0 bridgehead atoms. The summed E-state index contributed by atoms with van der Waals surface area (Å²) in [5.74, 6) is -0.424. The number of amides is 1. The smallest absolute Gasteiger partial charge is 0.330 e. The van der Waals surface area contributed by atoms with E-state index >= 15 is 0 Å². The quantitative estimate of drug-likeness (QED) is 0.273. The summed E-state index contributed by atoms with van der Waals surface area (Å²) in [4.78, 5) is 38.2. The molecule has 1 aliphatic rings. The molecule has 0 saturated carbocycles. The Bertz CT molecular complexity index is 904. The van der Waals surface area contributed by atoms with Gasteiger partial charge in [0.2, 0.25) is 5.91 Å². The van der Waals surface area contributed by atoms with E-state index in [0.29, 0.717) is 6.54 Å². The lowest BCUT2D eigenvalue weighted by molar-refractivity contribution is -0.116. The van der Waals surface area contributed by atoms with Gasteiger partial charge in [0.25, 0.3) is 5.56 Å². The summed E-state index contributed by atoms with van der Waals surface area (Å²) >= 11 is 0. The van der Waals surface area contributed by atoms with Crippen LogP contribution >= 0.6 is 7.37 Å². The van der Waals surface area contributed by atoms with E-state index in [-0.39, 0.29) is 25.1 Å². The van der Waals surface area contributed by atoms with Crippen molar-refractivity contribution in [3.63, 3.8) is 0 Å². The van der Waals surface area contributed by atoms with Crippen LogP contribution in [-0.4, -0.2) is 61.1 Å². The van der Waals surface area contributed by atoms with E-state index in [0.717, 1.165) is 0 Å². The number of nitrogens with zero attached hydrogens (tertiary/aromatic N) is 1. The zero-order valence-corrected chi connectivity index (χ0v) is 17.2. The molecule has 29 heavy (non-hydrogen) atoms. The van der Waals surface area contributed by atoms with E-state index in [1.807, 2.05) is 0 Å². The van der Waals surface area contributed by atoms with E-state index in [4.69, 9.17) is 19.7 Å². The van der Waals surface area contributed by atoms with E-state index in [2.05, 4.69) is 17.0 Å². The van der Waals surface area contributed by atoms with Crippen molar-refractivity contribution in [1.29, 1.82) is 0 Å². The second kappa shape index (κ2) is 10.1. The normalized spacial score (nSPS) is 23.9. The highest BCUT2D eigenvalue weighted by molar-refractivity contribution is 7.59. The first kappa shape index (κ1) is 23.2. The summed E-state index contributed by atoms with van der Waals surface area (Å²) in [6, 6.07) is 0. The summed E-state index contributed by atoms with van der Waals surface area (Å²) in [7, 11) is -1.57. The SMILES string of the molecule is [CH2-]P(C)(=O)OC1C[C@H](n2cc(/C=C/C(=O)NCCN)c(=O)[nH]c2=O)O[C@@H]1COC. The Hall–Kier alpha value is -2.04. The summed E-state index contributed by atoms with van der Waals surface area (Å²) in [6.45, 7) is 5.62. The Morgan fingerprint density at radius 2 is 2.28 bits per heavy atom. The van der Waals surface area contributed by atoms with Crippen LogP contribution in [0.1, 0.15) is 18.2 Å². The molecule has 2 unspecified atom stereocenters. The molecule has 1 fully saturated rings. The average Bonchev–Trinajstić information content (AvgIpc) is 3.00. The zero-order chi connectivity index (χ0) is 21.6. The zero-order valence-electron chi connectivity index (χ0n) is 16.3. The molecule has 0 spiro atoms. The van der Waals surface area contributed by atoms with Crippen molar-refractivity contribution in [3.8, 4) is 0 Å². The second-order valence-electron chi connectivity index (χ2n) is 6.64. The number of aromatic nitrogens is 2. The fraction of sp³-hybridized carbons (Fsp3) is 0.529. The molecule has 0 radical (unpaired) electrons. The molecule has 1 aliphatic heterocycles. The van der Waals surface area contributed by atoms with E-state index in [9.17, 15) is 18.9 Å². The minimum absolute atomic E-state index is 0.0853. The van der Waals surface area contributed by atoms with Crippen molar-refractivity contribution in [2.45, 2.75) is 24.9 Å². The molecule has 2 rings (SSSR count). The van der Waals surface area contributed by atoms with Crippen LogP contribution in [0.5, 0.6) is 0 Å². The number of hydrogen-bond donors (Lipinski definition) is 3. The van der Waals surface area contributed by atoms with Crippen molar-refractivity contribution < 1.29 is 23.4 Å². The minimum Gasteiger partial charge on any atom is -0.382 e. The minimum atomic E-state index is -3.05. The largest absolute Gasteiger partial charge is 0.382 e. The Morgan fingerprint density at radius 3 is 2.90 bits per heavy atom. The average molecular weight is 429 g/mol. The molecule has 162 valence electrons. The standard InChI is InChI=1S/C17H26N4O7P/c1-26-10-13-12(28-29(2,3)25)8-15(27-13)21-9-11(16(23)20-17(21)24)4-5-14(22)19-7-6-18/h4-5,9,12-13,15H,2,6-8,10,18H2,1,3H3,(H,19,22)(H,20,23,24)/q-1/b5-4+/t12?,13-,15-,29?/m1/s1. The van der Waals surface area contributed by atoms with Gasteiger partial charge in [-0.05, 0) is 12.7 Å². The number of hydrogen-bond acceptors (Lipinski definition) is 8. The van der Waals surface area contributed by atoms with Crippen molar-refractivity contribution in [3.05, 3.63) is 45.3 Å². The van der Waals surface area contributed by atoms with Gasteiger partial charge < -0.3 is 29.6 Å². The van der Waals surface area contributed by atoms with Gasteiger partial charge in [-0.3, -0.25) is 25.8 Å². The number of carbonyl (C=O) groups excluding carboxylic acids is 1. The number of nitrogens with two attached hydrogens (primary N) is 1. The molecule has 12 heteroatoms. The maximum Gasteiger partial charge on any atom is 0.330 e. The maximum absolute atomic E-state index is 12.3. The summed E-state index contributed by atoms with van der Waals surface area (Å²) in [5.41, 5.74) is 4.06. The van der Waals surface area contributed by atoms with Gasteiger partial charge in [-0.25, -0.2) is 4.79 Å². The van der Waals surface area contributed by atoms with Gasteiger partial charge >= 0.3 is 5.69 Å². The summed E-state index contributed by atoms with van der Waals surface area (Å²) in [6.07, 6.45) is 1.99. The van der Waals surface area contributed by atoms with Gasteiger partial charge in [0.05, 0.1) is 25.6 Å². The van der Waals surface area contributed by atoms with Gasteiger partial charge in [-0.1, -0.05) is 0 Å². The van der Waals surface area contributed by atoms with Gasteiger partial charge in [0.15, 0.2) is 0 Å². The molecule has 2 heterocycles. The number of nitrogens with one attached hydrogen (secondary N) is 2. The van der Waals surface area contributed by atoms with Crippen molar-refractivity contribution in [2.75, 3.05) is 33.5 Å². The van der Waals surface area contributed by atoms with E-state index < -0.39 is 43.0 Å². The van der Waals surface area contributed by atoms with Crippen LogP contribution in [0.3, 0.4) is 0 Å². The van der Waals surface area contributed by atoms with E-state index in [1.165, 1.54) is 36.7 Å². The van der Waals surface area contributed by atoms with Crippen molar-refractivity contribution in [1.82, 2.24) is 14.9 Å². The Balaban J connectivity index is 2.26. The predicted octanol–water partition coefficient (Wildman–Crippen LogP) is -0.357. The Kier molecular flexibility index (Phi) is 8.12. The maximum atomic E-state index is 12.3. The van der Waals surface area contributed by atoms with E-state index in [1.54, 1.807) is 0 Å². The second-order valence-corrected chi connectivity index (χ2v) is 8.88. The molecule has 1 aromatic heterocycles. The monoisotopic (exact) mass is 429 g/mol. The molecule has 1 amide bonds. The van der Waals surface area contributed by atoms with Crippen molar-refractivity contribution >= 4 is 19.4 Å². The number of methoxy groups -OCH3 is 1. The van der Waals surface area contributed by atoms with Crippen molar-refractivity contribution in [2.24, 2.45) is 5.73 Å². The molecular formula is C17H26N4O7P-. The first-order chi connectivity index (χ1) is 13.6. The Morgan fingerprint density at radius 1 is 1.55 bits per heavy atom. The molecule has 4 N–H and O–H groups in total. The number of ether oxygens (including phenoxy) is 2. The number of rotatable bonds is 9.